The number of ether oxygens (including phenoxy) is 1. The van der Waals surface area contributed by atoms with Gasteiger partial charge in [0.1, 0.15) is 5.75 Å². The van der Waals surface area contributed by atoms with Crippen LogP contribution in [0.15, 0.2) is 34.2 Å². The summed E-state index contributed by atoms with van der Waals surface area (Å²) in [6.07, 6.45) is 2.73. The lowest BCUT2D eigenvalue weighted by Gasteiger charge is -2.08. The van der Waals surface area contributed by atoms with E-state index in [1.807, 2.05) is 41.1 Å². The second-order valence-corrected chi connectivity index (χ2v) is 6.22. The van der Waals surface area contributed by atoms with Gasteiger partial charge in [-0.1, -0.05) is 6.07 Å². The Hall–Kier alpha value is -1.37. The summed E-state index contributed by atoms with van der Waals surface area (Å²) in [6.45, 7) is 2.61. The molecule has 0 fully saturated rings. The van der Waals surface area contributed by atoms with Crippen LogP contribution in [0.5, 0.6) is 11.6 Å². The Kier molecular flexibility index (Phi) is 3.78. The molecule has 3 rings (SSSR count). The van der Waals surface area contributed by atoms with E-state index >= 15 is 0 Å². The van der Waals surface area contributed by atoms with E-state index in [1.54, 1.807) is 11.3 Å². The summed E-state index contributed by atoms with van der Waals surface area (Å²) >= 11 is 5.11. The van der Waals surface area contributed by atoms with Gasteiger partial charge in [-0.3, -0.25) is 4.40 Å². The molecule has 4 nitrogen and oxygen atoms in total. The molecule has 2 heterocycles. The molecule has 0 spiro atoms. The quantitative estimate of drug-likeness (QED) is 0.778. The monoisotopic (exact) mass is 351 g/mol. The highest BCUT2D eigenvalue weighted by Gasteiger charge is 2.15. The molecule has 3 aromatic rings. The number of halogens is 1. The first-order valence-corrected chi connectivity index (χ1v) is 7.95. The van der Waals surface area contributed by atoms with Gasteiger partial charge in [0, 0.05) is 18.0 Å². The number of nitrogens with two attached hydrogens (primary N) is 1. The predicted octanol–water partition coefficient (Wildman–Crippen LogP) is 3.76. The zero-order valence-electron chi connectivity index (χ0n) is 11.0. The number of hydrogen-bond donors (Lipinski definition) is 1. The van der Waals surface area contributed by atoms with Crippen molar-refractivity contribution < 1.29 is 4.74 Å². The Morgan fingerprint density at radius 1 is 1.45 bits per heavy atom. The molecule has 0 aliphatic heterocycles. The third-order valence-electron chi connectivity index (χ3n) is 3.00. The van der Waals surface area contributed by atoms with Crippen molar-refractivity contribution in [3.8, 4) is 11.6 Å². The Morgan fingerprint density at radius 2 is 2.30 bits per heavy atom. The normalized spacial score (nSPS) is 11.2. The van der Waals surface area contributed by atoms with Gasteiger partial charge in [-0.2, -0.15) is 4.98 Å². The second kappa shape index (κ2) is 5.55. The first-order valence-electron chi connectivity index (χ1n) is 6.27. The van der Waals surface area contributed by atoms with Gasteiger partial charge >= 0.3 is 0 Å². The maximum Gasteiger partial charge on any atom is 0.242 e. The number of rotatable bonds is 4. The van der Waals surface area contributed by atoms with Crippen molar-refractivity contribution >= 4 is 32.2 Å². The molecular weight excluding hydrogens is 338 g/mol. The largest absolute Gasteiger partial charge is 0.436 e. The van der Waals surface area contributed by atoms with Crippen LogP contribution in [0.2, 0.25) is 0 Å². The van der Waals surface area contributed by atoms with Crippen LogP contribution in [0.1, 0.15) is 11.3 Å². The lowest BCUT2D eigenvalue weighted by molar-refractivity contribution is 0.456. The van der Waals surface area contributed by atoms with Crippen molar-refractivity contribution in [1.29, 1.82) is 0 Å². The molecule has 104 valence electrons. The summed E-state index contributed by atoms with van der Waals surface area (Å²) in [5.74, 6) is 1.39. The fourth-order valence-corrected chi connectivity index (χ4v) is 3.35. The minimum atomic E-state index is 0.565. The summed E-state index contributed by atoms with van der Waals surface area (Å²) in [7, 11) is 0. The minimum Gasteiger partial charge on any atom is -0.436 e. The van der Waals surface area contributed by atoms with E-state index in [2.05, 4.69) is 20.9 Å². The molecule has 0 unspecified atom stereocenters. The fourth-order valence-electron chi connectivity index (χ4n) is 2.05. The van der Waals surface area contributed by atoms with Crippen LogP contribution in [0, 0.1) is 6.92 Å². The summed E-state index contributed by atoms with van der Waals surface area (Å²) in [6, 6.07) is 5.98. The van der Waals surface area contributed by atoms with E-state index in [-0.39, 0.29) is 0 Å². The Balaban J connectivity index is 2.01. The molecule has 0 radical (unpaired) electrons. The van der Waals surface area contributed by atoms with E-state index < -0.39 is 0 Å². The standard InChI is InChI=1S/C14H14BrN3OS/c1-9-2-3-12(10(15)8-9)19-13-11(4-5-16)18-6-7-20-14(18)17-13/h2-3,6-8H,4-5,16H2,1H3. The van der Waals surface area contributed by atoms with Gasteiger partial charge in [0.25, 0.3) is 0 Å². The molecule has 0 aliphatic carbocycles. The van der Waals surface area contributed by atoms with Crippen molar-refractivity contribution in [2.75, 3.05) is 6.54 Å². The van der Waals surface area contributed by atoms with Crippen molar-refractivity contribution in [3.63, 3.8) is 0 Å². The second-order valence-electron chi connectivity index (χ2n) is 4.49. The van der Waals surface area contributed by atoms with Crippen LogP contribution in [0.25, 0.3) is 4.96 Å². The summed E-state index contributed by atoms with van der Waals surface area (Å²) in [5, 5.41) is 2.01. The van der Waals surface area contributed by atoms with Gasteiger partial charge in [-0.05, 0) is 47.1 Å². The Bertz CT molecular complexity index is 750. The third-order valence-corrected chi connectivity index (χ3v) is 4.38. The van der Waals surface area contributed by atoms with Crippen molar-refractivity contribution in [2.45, 2.75) is 13.3 Å². The Labute approximate surface area is 129 Å². The van der Waals surface area contributed by atoms with Crippen LogP contribution in [0.4, 0.5) is 0 Å². The maximum absolute atomic E-state index is 5.96. The summed E-state index contributed by atoms with van der Waals surface area (Å²) in [5.41, 5.74) is 7.88. The van der Waals surface area contributed by atoms with Crippen LogP contribution < -0.4 is 10.5 Å². The Morgan fingerprint density at radius 3 is 3.05 bits per heavy atom. The number of fused-ring (bicyclic) bond motifs is 1. The predicted molar refractivity (Wildman–Crippen MR) is 84.8 cm³/mol. The molecule has 0 aliphatic rings. The lowest BCUT2D eigenvalue weighted by Crippen LogP contribution is -2.05. The average Bonchev–Trinajstić information content (AvgIpc) is 2.96. The molecule has 20 heavy (non-hydrogen) atoms. The number of hydrogen-bond acceptors (Lipinski definition) is 4. The highest BCUT2D eigenvalue weighted by Crippen LogP contribution is 2.33. The van der Waals surface area contributed by atoms with E-state index in [0.717, 1.165) is 27.3 Å². The zero-order chi connectivity index (χ0) is 14.1. The van der Waals surface area contributed by atoms with Crippen LogP contribution >= 0.6 is 27.3 Å². The highest BCUT2D eigenvalue weighted by molar-refractivity contribution is 9.10. The molecule has 0 atom stereocenters. The SMILES string of the molecule is Cc1ccc(Oc2nc3sccn3c2CCN)c(Br)c1. The van der Waals surface area contributed by atoms with Crippen molar-refractivity contribution in [3.05, 3.63) is 45.5 Å². The van der Waals surface area contributed by atoms with Gasteiger partial charge in [-0.25, -0.2) is 0 Å². The van der Waals surface area contributed by atoms with E-state index in [0.29, 0.717) is 12.4 Å². The fraction of sp³-hybridized carbons (Fsp3) is 0.214. The van der Waals surface area contributed by atoms with E-state index in [1.165, 1.54) is 5.56 Å². The van der Waals surface area contributed by atoms with E-state index in [9.17, 15) is 0 Å². The molecule has 0 saturated carbocycles. The van der Waals surface area contributed by atoms with Crippen LogP contribution in [0.3, 0.4) is 0 Å². The first kappa shape index (κ1) is 13.6. The number of benzene rings is 1. The molecule has 0 saturated heterocycles. The van der Waals surface area contributed by atoms with Gasteiger partial charge < -0.3 is 10.5 Å². The maximum atomic E-state index is 5.96. The van der Waals surface area contributed by atoms with Gasteiger partial charge in [0.05, 0.1) is 10.2 Å². The van der Waals surface area contributed by atoms with Crippen LogP contribution in [-0.4, -0.2) is 15.9 Å². The molecule has 6 heteroatoms. The number of thiazole rings is 1. The van der Waals surface area contributed by atoms with Gasteiger partial charge in [-0.15, -0.1) is 11.3 Å². The molecule has 0 amide bonds. The van der Waals surface area contributed by atoms with E-state index in [4.69, 9.17) is 10.5 Å². The summed E-state index contributed by atoms with van der Waals surface area (Å²) < 4.78 is 8.92. The van der Waals surface area contributed by atoms with Gasteiger partial charge in [0.15, 0.2) is 4.96 Å². The molecular formula is C14H14BrN3OS. The van der Waals surface area contributed by atoms with Crippen molar-refractivity contribution in [2.24, 2.45) is 5.73 Å². The third kappa shape index (κ3) is 2.46. The van der Waals surface area contributed by atoms with Gasteiger partial charge in [0.2, 0.25) is 5.88 Å². The molecule has 1 aromatic carbocycles. The summed E-state index contributed by atoms with van der Waals surface area (Å²) in [4.78, 5) is 5.46. The molecule has 2 aromatic heterocycles. The highest BCUT2D eigenvalue weighted by atomic mass is 79.9. The number of aromatic nitrogens is 2. The minimum absolute atomic E-state index is 0.565. The zero-order valence-corrected chi connectivity index (χ0v) is 13.4. The number of nitrogens with zero attached hydrogens (tertiary/aromatic N) is 2. The van der Waals surface area contributed by atoms with Crippen molar-refractivity contribution in [1.82, 2.24) is 9.38 Å². The average molecular weight is 352 g/mol. The number of imidazole rings is 1. The van der Waals surface area contributed by atoms with Crippen LogP contribution in [-0.2, 0) is 6.42 Å². The smallest absolute Gasteiger partial charge is 0.242 e. The first-order chi connectivity index (χ1) is 9.69. The molecule has 2 N–H and O–H groups in total. The lowest BCUT2D eigenvalue weighted by atomic mass is 10.2. The molecule has 0 bridgehead atoms. The topological polar surface area (TPSA) is 52.5 Å². The number of aryl methyl sites for hydroxylation is 1.